The largest absolute Gasteiger partial charge is 0.337 e. The average Bonchev–Trinajstić information content (AvgIpc) is 3.26. The van der Waals surface area contributed by atoms with Gasteiger partial charge in [0.2, 0.25) is 0 Å². The zero-order chi connectivity index (χ0) is 16.5. The lowest BCUT2D eigenvalue weighted by atomic mass is 10.1. The van der Waals surface area contributed by atoms with Crippen molar-refractivity contribution >= 4 is 16.8 Å². The second-order valence-electron chi connectivity index (χ2n) is 6.27. The van der Waals surface area contributed by atoms with Gasteiger partial charge in [0.1, 0.15) is 5.69 Å². The Kier molecular flexibility index (Phi) is 3.81. The highest BCUT2D eigenvalue weighted by Gasteiger charge is 2.32. The molecule has 0 aliphatic carbocycles. The Bertz CT molecular complexity index is 869. The summed E-state index contributed by atoms with van der Waals surface area (Å²) in [6.07, 6.45) is 5.67. The SMILES string of the molecule is CCn1c(C(=O)N2CCCC2c2ccncc2)cc2ccccc21. The topological polar surface area (TPSA) is 38.1 Å². The van der Waals surface area contributed by atoms with Crippen molar-refractivity contribution < 1.29 is 4.79 Å². The molecule has 1 amide bonds. The van der Waals surface area contributed by atoms with Crippen molar-refractivity contribution in [3.8, 4) is 0 Å². The van der Waals surface area contributed by atoms with Crippen LogP contribution in [0.4, 0.5) is 0 Å². The van der Waals surface area contributed by atoms with Gasteiger partial charge in [-0.15, -0.1) is 0 Å². The summed E-state index contributed by atoms with van der Waals surface area (Å²) in [7, 11) is 0. The van der Waals surface area contributed by atoms with Crippen LogP contribution in [-0.2, 0) is 6.54 Å². The molecule has 24 heavy (non-hydrogen) atoms. The molecule has 2 aromatic heterocycles. The van der Waals surface area contributed by atoms with E-state index < -0.39 is 0 Å². The van der Waals surface area contributed by atoms with Crippen LogP contribution in [0.1, 0.15) is 41.9 Å². The molecule has 4 heteroatoms. The van der Waals surface area contributed by atoms with Gasteiger partial charge in [-0.1, -0.05) is 18.2 Å². The molecule has 122 valence electrons. The molecule has 0 bridgehead atoms. The Balaban J connectivity index is 1.73. The maximum absolute atomic E-state index is 13.3. The Morgan fingerprint density at radius 2 is 2.00 bits per heavy atom. The summed E-state index contributed by atoms with van der Waals surface area (Å²) in [6, 6.07) is 14.4. The highest BCUT2D eigenvalue weighted by atomic mass is 16.2. The standard InChI is InChI=1S/C20H21N3O/c1-2-22-18-7-4-3-6-16(18)14-19(22)20(24)23-13-5-8-17(23)15-9-11-21-12-10-15/h3-4,6-7,9-12,14,17H,2,5,8,13H2,1H3. The third kappa shape index (κ3) is 2.39. The quantitative estimate of drug-likeness (QED) is 0.731. The van der Waals surface area contributed by atoms with Gasteiger partial charge in [-0.05, 0) is 49.6 Å². The van der Waals surface area contributed by atoms with Crippen LogP contribution in [0.3, 0.4) is 0 Å². The number of likely N-dealkylation sites (tertiary alicyclic amines) is 1. The predicted molar refractivity (Wildman–Crippen MR) is 94.9 cm³/mol. The molecule has 1 unspecified atom stereocenters. The number of hydrogen-bond donors (Lipinski definition) is 0. The molecule has 1 aliphatic rings. The zero-order valence-corrected chi connectivity index (χ0v) is 13.9. The molecule has 0 N–H and O–H groups in total. The molecule has 0 saturated carbocycles. The summed E-state index contributed by atoms with van der Waals surface area (Å²) in [5.74, 6) is 0.132. The number of fused-ring (bicyclic) bond motifs is 1. The fourth-order valence-corrected chi connectivity index (χ4v) is 3.82. The van der Waals surface area contributed by atoms with E-state index in [1.54, 1.807) is 12.4 Å². The lowest BCUT2D eigenvalue weighted by molar-refractivity contribution is 0.0725. The molecule has 4 rings (SSSR count). The number of rotatable bonds is 3. The predicted octanol–water partition coefficient (Wildman–Crippen LogP) is 4.03. The van der Waals surface area contributed by atoms with E-state index >= 15 is 0 Å². The molecule has 3 heterocycles. The fourth-order valence-electron chi connectivity index (χ4n) is 3.82. The van der Waals surface area contributed by atoms with E-state index in [9.17, 15) is 4.79 Å². The number of aromatic nitrogens is 2. The summed E-state index contributed by atoms with van der Waals surface area (Å²) >= 11 is 0. The van der Waals surface area contributed by atoms with E-state index in [2.05, 4.69) is 28.6 Å². The second-order valence-corrected chi connectivity index (χ2v) is 6.27. The summed E-state index contributed by atoms with van der Waals surface area (Å²) in [4.78, 5) is 19.4. The minimum absolute atomic E-state index is 0.132. The van der Waals surface area contributed by atoms with Crippen LogP contribution >= 0.6 is 0 Å². The number of carbonyl (C=O) groups is 1. The van der Waals surface area contributed by atoms with Gasteiger partial charge in [0, 0.05) is 36.4 Å². The highest BCUT2D eigenvalue weighted by molar-refractivity contribution is 5.99. The van der Waals surface area contributed by atoms with Gasteiger partial charge in [0.25, 0.3) is 5.91 Å². The van der Waals surface area contributed by atoms with E-state index in [0.717, 1.165) is 42.5 Å². The first-order chi connectivity index (χ1) is 11.8. The van der Waals surface area contributed by atoms with Crippen LogP contribution in [-0.4, -0.2) is 26.9 Å². The van der Waals surface area contributed by atoms with Crippen LogP contribution < -0.4 is 0 Å². The van der Waals surface area contributed by atoms with Gasteiger partial charge in [-0.25, -0.2) is 0 Å². The van der Waals surface area contributed by atoms with Crippen molar-refractivity contribution in [2.24, 2.45) is 0 Å². The Morgan fingerprint density at radius 3 is 2.79 bits per heavy atom. The van der Waals surface area contributed by atoms with Crippen molar-refractivity contribution in [1.82, 2.24) is 14.5 Å². The summed E-state index contributed by atoms with van der Waals surface area (Å²) in [5, 5.41) is 1.13. The highest BCUT2D eigenvalue weighted by Crippen LogP contribution is 2.33. The molecule has 1 aromatic carbocycles. The monoisotopic (exact) mass is 319 g/mol. The number of nitrogens with zero attached hydrogens (tertiary/aromatic N) is 3. The van der Waals surface area contributed by atoms with Crippen molar-refractivity contribution in [3.63, 3.8) is 0 Å². The van der Waals surface area contributed by atoms with E-state index in [-0.39, 0.29) is 11.9 Å². The van der Waals surface area contributed by atoms with E-state index in [4.69, 9.17) is 0 Å². The number of aryl methyl sites for hydroxylation is 1. The maximum Gasteiger partial charge on any atom is 0.271 e. The molecular weight excluding hydrogens is 298 g/mol. The first kappa shape index (κ1) is 14.9. The third-order valence-electron chi connectivity index (χ3n) is 4.95. The van der Waals surface area contributed by atoms with Gasteiger partial charge in [-0.2, -0.15) is 0 Å². The molecule has 1 aliphatic heterocycles. The second kappa shape index (κ2) is 6.11. The van der Waals surface area contributed by atoms with Crippen LogP contribution in [0.25, 0.3) is 10.9 Å². The zero-order valence-electron chi connectivity index (χ0n) is 13.9. The first-order valence-corrected chi connectivity index (χ1v) is 8.58. The van der Waals surface area contributed by atoms with Crippen LogP contribution in [0.2, 0.25) is 0 Å². The van der Waals surface area contributed by atoms with Crippen molar-refractivity contribution in [2.45, 2.75) is 32.4 Å². The summed E-state index contributed by atoms with van der Waals surface area (Å²) < 4.78 is 2.12. The Labute approximate surface area is 141 Å². The Hall–Kier alpha value is -2.62. The minimum Gasteiger partial charge on any atom is -0.337 e. The van der Waals surface area contributed by atoms with Gasteiger partial charge in [0.15, 0.2) is 0 Å². The lowest BCUT2D eigenvalue weighted by Gasteiger charge is -2.25. The molecule has 1 atom stereocenters. The van der Waals surface area contributed by atoms with Crippen molar-refractivity contribution in [2.75, 3.05) is 6.54 Å². The van der Waals surface area contributed by atoms with Crippen LogP contribution in [0.5, 0.6) is 0 Å². The van der Waals surface area contributed by atoms with Gasteiger partial charge in [-0.3, -0.25) is 9.78 Å². The molecule has 1 saturated heterocycles. The van der Waals surface area contributed by atoms with E-state index in [1.807, 2.05) is 35.2 Å². The minimum atomic E-state index is 0.132. The lowest BCUT2D eigenvalue weighted by Crippen LogP contribution is -2.32. The van der Waals surface area contributed by atoms with Gasteiger partial charge in [0.05, 0.1) is 6.04 Å². The normalized spacial score (nSPS) is 17.5. The van der Waals surface area contributed by atoms with Gasteiger partial charge < -0.3 is 9.47 Å². The number of hydrogen-bond acceptors (Lipinski definition) is 2. The molecular formula is C20H21N3O. The smallest absolute Gasteiger partial charge is 0.271 e. The molecule has 0 spiro atoms. The number of carbonyl (C=O) groups excluding carboxylic acids is 1. The molecule has 3 aromatic rings. The maximum atomic E-state index is 13.3. The van der Waals surface area contributed by atoms with Crippen LogP contribution in [0, 0.1) is 0 Å². The van der Waals surface area contributed by atoms with Gasteiger partial charge >= 0.3 is 0 Å². The number of pyridine rings is 1. The summed E-state index contributed by atoms with van der Waals surface area (Å²) in [6.45, 7) is 3.70. The number of benzene rings is 1. The first-order valence-electron chi connectivity index (χ1n) is 8.58. The summed E-state index contributed by atoms with van der Waals surface area (Å²) in [5.41, 5.74) is 3.10. The Morgan fingerprint density at radius 1 is 1.21 bits per heavy atom. The van der Waals surface area contributed by atoms with Crippen molar-refractivity contribution in [3.05, 3.63) is 66.1 Å². The van der Waals surface area contributed by atoms with Crippen LogP contribution in [0.15, 0.2) is 54.9 Å². The molecule has 1 fully saturated rings. The number of para-hydroxylation sites is 1. The van der Waals surface area contributed by atoms with Crippen molar-refractivity contribution in [1.29, 1.82) is 0 Å². The molecule has 0 radical (unpaired) electrons. The number of amides is 1. The average molecular weight is 319 g/mol. The molecule has 4 nitrogen and oxygen atoms in total. The van der Waals surface area contributed by atoms with E-state index in [1.165, 1.54) is 5.56 Å². The van der Waals surface area contributed by atoms with E-state index in [0.29, 0.717) is 0 Å². The fraction of sp³-hybridized carbons (Fsp3) is 0.300. The third-order valence-corrected chi connectivity index (χ3v) is 4.95.